The van der Waals surface area contributed by atoms with Crippen molar-refractivity contribution in [2.75, 3.05) is 70.3 Å². The minimum Gasteiger partial charge on any atom is -0.379 e. The average molecular weight is 510 g/mol. The predicted octanol–water partition coefficient (Wildman–Crippen LogP) is 2.86. The Hall–Kier alpha value is -3.47. The van der Waals surface area contributed by atoms with Gasteiger partial charge in [-0.3, -0.25) is 14.5 Å². The zero-order valence-corrected chi connectivity index (χ0v) is 21.2. The molecule has 1 saturated heterocycles. The molecule has 10 heteroatoms. The molecule has 1 aromatic carbocycles. The quantitative estimate of drug-likeness (QED) is 0.474. The molecule has 9 nitrogen and oxygen atoms in total. The number of hydrogen-bond acceptors (Lipinski definition) is 6. The third-order valence-electron chi connectivity index (χ3n) is 7.10. The fourth-order valence-corrected chi connectivity index (χ4v) is 5.10. The van der Waals surface area contributed by atoms with Crippen molar-refractivity contribution >= 4 is 34.8 Å². The number of H-pyrrole nitrogens is 1. The first-order valence-corrected chi connectivity index (χ1v) is 12.5. The Balaban J connectivity index is 1.37. The number of rotatable bonds is 8. The number of aromatic amines is 1. The van der Waals surface area contributed by atoms with Gasteiger partial charge in [-0.25, -0.2) is 4.39 Å². The van der Waals surface area contributed by atoms with E-state index < -0.39 is 5.82 Å². The number of benzene rings is 1. The Morgan fingerprint density at radius 1 is 1.24 bits per heavy atom. The summed E-state index contributed by atoms with van der Waals surface area (Å²) in [6, 6.07) is 2.88. The van der Waals surface area contributed by atoms with Gasteiger partial charge in [0.15, 0.2) is 0 Å². The SMILES string of the molecule is C=C(COC)Nc1cc2c(cc1F)/C(=C/c1[nH]c3c(c1C)C(=O)N(CCN1CCOCC1)CC3)C(=O)N2. The molecule has 0 atom stereocenters. The van der Waals surface area contributed by atoms with Crippen LogP contribution < -0.4 is 10.6 Å². The van der Waals surface area contributed by atoms with E-state index >= 15 is 0 Å². The molecule has 5 rings (SSSR count). The fourth-order valence-electron chi connectivity index (χ4n) is 5.10. The van der Waals surface area contributed by atoms with Crippen molar-refractivity contribution < 1.29 is 23.5 Å². The number of carbonyl (C=O) groups excluding carboxylic acids is 2. The predicted molar refractivity (Wildman–Crippen MR) is 140 cm³/mol. The van der Waals surface area contributed by atoms with Crippen LogP contribution in [0.5, 0.6) is 0 Å². The van der Waals surface area contributed by atoms with E-state index in [1.54, 1.807) is 12.1 Å². The summed E-state index contributed by atoms with van der Waals surface area (Å²) in [7, 11) is 1.53. The Morgan fingerprint density at radius 3 is 2.78 bits per heavy atom. The van der Waals surface area contributed by atoms with Crippen LogP contribution >= 0.6 is 0 Å². The van der Waals surface area contributed by atoms with E-state index in [-0.39, 0.29) is 24.1 Å². The highest BCUT2D eigenvalue weighted by Gasteiger charge is 2.31. The summed E-state index contributed by atoms with van der Waals surface area (Å²) in [5.41, 5.74) is 5.03. The van der Waals surface area contributed by atoms with Crippen molar-refractivity contribution in [2.45, 2.75) is 13.3 Å². The van der Waals surface area contributed by atoms with E-state index in [0.717, 1.165) is 44.1 Å². The van der Waals surface area contributed by atoms with Gasteiger partial charge in [0.1, 0.15) is 5.82 Å². The molecule has 196 valence electrons. The molecule has 1 fully saturated rings. The maximum absolute atomic E-state index is 14.9. The van der Waals surface area contributed by atoms with Gasteiger partial charge >= 0.3 is 0 Å². The number of morpholine rings is 1. The molecule has 3 aliphatic rings. The second-order valence-electron chi connectivity index (χ2n) is 9.56. The summed E-state index contributed by atoms with van der Waals surface area (Å²) >= 11 is 0. The number of ether oxygens (including phenoxy) is 2. The molecule has 0 bridgehead atoms. The van der Waals surface area contributed by atoms with Gasteiger partial charge in [-0.1, -0.05) is 6.58 Å². The van der Waals surface area contributed by atoms with Crippen LogP contribution in [0, 0.1) is 12.7 Å². The highest BCUT2D eigenvalue weighted by atomic mass is 19.1. The first kappa shape index (κ1) is 25.2. The Labute approximate surface area is 215 Å². The molecule has 2 amide bonds. The second kappa shape index (κ2) is 10.5. The van der Waals surface area contributed by atoms with Crippen LogP contribution in [0.1, 0.15) is 32.9 Å². The van der Waals surface area contributed by atoms with E-state index in [2.05, 4.69) is 27.1 Å². The number of halogens is 1. The number of nitrogens with zero attached hydrogens (tertiary/aromatic N) is 2. The first-order chi connectivity index (χ1) is 17.9. The lowest BCUT2D eigenvalue weighted by Gasteiger charge is -2.32. The Bertz CT molecular complexity index is 1280. The molecule has 37 heavy (non-hydrogen) atoms. The molecule has 0 saturated carbocycles. The Morgan fingerprint density at radius 2 is 2.03 bits per heavy atom. The molecular weight excluding hydrogens is 477 g/mol. The molecule has 0 radical (unpaired) electrons. The van der Waals surface area contributed by atoms with Crippen molar-refractivity contribution in [2.24, 2.45) is 0 Å². The topological polar surface area (TPSA) is 98.9 Å². The average Bonchev–Trinajstić information content (AvgIpc) is 3.35. The van der Waals surface area contributed by atoms with Gasteiger partial charge in [-0.2, -0.15) is 0 Å². The number of fused-ring (bicyclic) bond motifs is 2. The molecule has 0 unspecified atom stereocenters. The number of methoxy groups -OCH3 is 1. The lowest BCUT2D eigenvalue weighted by Crippen LogP contribution is -2.45. The van der Waals surface area contributed by atoms with Crippen LogP contribution in [0.3, 0.4) is 0 Å². The first-order valence-electron chi connectivity index (χ1n) is 12.5. The lowest BCUT2D eigenvalue weighted by molar-refractivity contribution is -0.110. The Kier molecular flexibility index (Phi) is 7.14. The van der Waals surface area contributed by atoms with E-state index in [9.17, 15) is 14.0 Å². The number of aromatic nitrogens is 1. The van der Waals surface area contributed by atoms with Crippen molar-refractivity contribution in [1.29, 1.82) is 0 Å². The molecule has 4 heterocycles. The van der Waals surface area contributed by atoms with Gasteiger partial charge in [-0.05, 0) is 30.7 Å². The molecule has 3 N–H and O–H groups in total. The number of carbonyl (C=O) groups is 2. The minimum absolute atomic E-state index is 0.00207. The molecule has 3 aliphatic heterocycles. The van der Waals surface area contributed by atoms with Crippen LogP contribution in [0.4, 0.5) is 15.8 Å². The van der Waals surface area contributed by atoms with Crippen molar-refractivity contribution in [3.8, 4) is 0 Å². The van der Waals surface area contributed by atoms with Crippen molar-refractivity contribution in [1.82, 2.24) is 14.8 Å². The van der Waals surface area contributed by atoms with Crippen LogP contribution in [0.25, 0.3) is 11.6 Å². The standard InChI is InChI=1S/C27H32FN5O4/c1-16(15-36-3)29-24-14-23-18(12-20(24)28)19(26(34)31-23)13-22-17(2)25-21(30-22)4-5-33(27(25)35)7-6-32-8-10-37-11-9-32/h12-14,29-30H,1,4-11,15H2,2-3H3,(H,31,34)/b19-13-. The molecule has 1 aromatic heterocycles. The summed E-state index contributed by atoms with van der Waals surface area (Å²) in [5.74, 6) is -0.832. The van der Waals surface area contributed by atoms with E-state index in [4.69, 9.17) is 9.47 Å². The van der Waals surface area contributed by atoms with Crippen molar-refractivity contribution in [3.05, 3.63) is 58.3 Å². The number of amides is 2. The summed E-state index contributed by atoms with van der Waals surface area (Å²) in [4.78, 5) is 33.7. The van der Waals surface area contributed by atoms with Crippen molar-refractivity contribution in [3.63, 3.8) is 0 Å². The van der Waals surface area contributed by atoms with E-state index in [0.29, 0.717) is 53.3 Å². The summed E-state index contributed by atoms with van der Waals surface area (Å²) in [6.45, 7) is 11.3. The maximum atomic E-state index is 14.9. The number of anilines is 2. The highest BCUT2D eigenvalue weighted by Crippen LogP contribution is 2.38. The maximum Gasteiger partial charge on any atom is 0.256 e. The third-order valence-corrected chi connectivity index (χ3v) is 7.10. The number of hydrogen-bond donors (Lipinski definition) is 3. The normalized spacial score (nSPS) is 18.7. The summed E-state index contributed by atoms with van der Waals surface area (Å²) in [5, 5.41) is 5.69. The lowest BCUT2D eigenvalue weighted by atomic mass is 10.0. The summed E-state index contributed by atoms with van der Waals surface area (Å²) < 4.78 is 25.3. The van der Waals surface area contributed by atoms with Gasteiger partial charge in [0, 0.05) is 68.9 Å². The van der Waals surface area contributed by atoms with E-state index in [1.165, 1.54) is 13.2 Å². The van der Waals surface area contributed by atoms with Crippen LogP contribution in [0.2, 0.25) is 0 Å². The summed E-state index contributed by atoms with van der Waals surface area (Å²) in [6.07, 6.45) is 2.42. The zero-order chi connectivity index (χ0) is 26.1. The highest BCUT2D eigenvalue weighted by molar-refractivity contribution is 6.35. The molecule has 0 aliphatic carbocycles. The third kappa shape index (κ3) is 5.04. The molecule has 0 spiro atoms. The van der Waals surface area contributed by atoms with Gasteiger partial charge in [0.25, 0.3) is 11.8 Å². The van der Waals surface area contributed by atoms with Crippen LogP contribution in [0.15, 0.2) is 24.4 Å². The van der Waals surface area contributed by atoms with E-state index in [1.807, 2.05) is 11.8 Å². The van der Waals surface area contributed by atoms with Crippen LogP contribution in [-0.4, -0.2) is 86.3 Å². The number of nitrogens with one attached hydrogen (secondary N) is 3. The molecule has 2 aromatic rings. The fraction of sp³-hybridized carbons (Fsp3) is 0.407. The van der Waals surface area contributed by atoms with Gasteiger partial charge in [-0.15, -0.1) is 0 Å². The van der Waals surface area contributed by atoms with Gasteiger partial charge in [0.2, 0.25) is 0 Å². The zero-order valence-electron chi connectivity index (χ0n) is 21.2. The minimum atomic E-state index is -0.507. The largest absolute Gasteiger partial charge is 0.379 e. The van der Waals surface area contributed by atoms with Gasteiger partial charge < -0.3 is 30.0 Å². The smallest absolute Gasteiger partial charge is 0.256 e. The van der Waals surface area contributed by atoms with Gasteiger partial charge in [0.05, 0.1) is 42.3 Å². The molecular formula is C27H32FN5O4. The monoisotopic (exact) mass is 509 g/mol. The van der Waals surface area contributed by atoms with Crippen LogP contribution in [-0.2, 0) is 20.7 Å². The second-order valence-corrected chi connectivity index (χ2v) is 9.56.